The van der Waals surface area contributed by atoms with Gasteiger partial charge in [-0.2, -0.15) is 0 Å². The molecule has 2 aliphatic rings. The standard InChI is InChI=1S/C17H33N3O2S.HI/c1-17(2)14-20(12-13-23(17,21)22)16(18-3)19-11-7-6-10-15-8-4-5-9-15;/h15H,4-14H2,1-3H3,(H,18,19);1H. The van der Waals surface area contributed by atoms with Crippen molar-refractivity contribution < 1.29 is 8.42 Å². The molecule has 5 nitrogen and oxygen atoms in total. The maximum Gasteiger partial charge on any atom is 0.193 e. The summed E-state index contributed by atoms with van der Waals surface area (Å²) in [4.78, 5) is 6.42. The van der Waals surface area contributed by atoms with Crippen molar-refractivity contribution in [2.24, 2.45) is 10.9 Å². The SMILES string of the molecule is CN=C(NCCCCC1CCCC1)N1CCS(=O)(=O)C(C)(C)C1.I. The minimum Gasteiger partial charge on any atom is -0.356 e. The summed E-state index contributed by atoms with van der Waals surface area (Å²) in [7, 11) is -1.22. The lowest BCUT2D eigenvalue weighted by Crippen LogP contribution is -2.57. The molecule has 0 radical (unpaired) electrons. The van der Waals surface area contributed by atoms with Crippen molar-refractivity contribution in [1.82, 2.24) is 10.2 Å². The Balaban J connectivity index is 0.00000288. The molecule has 0 bridgehead atoms. The largest absolute Gasteiger partial charge is 0.356 e. The van der Waals surface area contributed by atoms with Gasteiger partial charge in [-0.05, 0) is 26.2 Å². The molecule has 0 unspecified atom stereocenters. The molecular weight excluding hydrogens is 437 g/mol. The summed E-state index contributed by atoms with van der Waals surface area (Å²) in [5, 5.41) is 3.41. The van der Waals surface area contributed by atoms with E-state index in [1.807, 2.05) is 13.8 Å². The molecule has 2 rings (SSSR count). The van der Waals surface area contributed by atoms with Crippen molar-refractivity contribution in [2.75, 3.05) is 32.4 Å². The van der Waals surface area contributed by atoms with Crippen LogP contribution in [0.5, 0.6) is 0 Å². The van der Waals surface area contributed by atoms with E-state index in [2.05, 4.69) is 15.2 Å². The molecule has 0 atom stereocenters. The zero-order valence-corrected chi connectivity index (χ0v) is 18.5. The van der Waals surface area contributed by atoms with Crippen LogP contribution in [0.25, 0.3) is 0 Å². The van der Waals surface area contributed by atoms with E-state index in [-0.39, 0.29) is 29.7 Å². The number of sulfone groups is 1. The van der Waals surface area contributed by atoms with Crippen LogP contribution in [-0.2, 0) is 9.84 Å². The van der Waals surface area contributed by atoms with E-state index in [9.17, 15) is 8.42 Å². The van der Waals surface area contributed by atoms with Crippen LogP contribution in [0.2, 0.25) is 0 Å². The molecule has 1 aliphatic heterocycles. The Morgan fingerprint density at radius 2 is 1.92 bits per heavy atom. The zero-order valence-electron chi connectivity index (χ0n) is 15.4. The van der Waals surface area contributed by atoms with Gasteiger partial charge < -0.3 is 10.2 Å². The number of guanidine groups is 1. The van der Waals surface area contributed by atoms with Gasteiger partial charge >= 0.3 is 0 Å². The monoisotopic (exact) mass is 471 g/mol. The van der Waals surface area contributed by atoms with Gasteiger partial charge in [0.25, 0.3) is 0 Å². The molecule has 2 fully saturated rings. The van der Waals surface area contributed by atoms with Crippen LogP contribution in [0.3, 0.4) is 0 Å². The fourth-order valence-corrected chi connectivity index (χ4v) is 5.08. The minimum absolute atomic E-state index is 0. The molecule has 0 aromatic rings. The third kappa shape index (κ3) is 5.75. The number of hydrogen-bond donors (Lipinski definition) is 1. The van der Waals surface area contributed by atoms with Gasteiger partial charge in [-0.25, -0.2) is 8.42 Å². The fraction of sp³-hybridized carbons (Fsp3) is 0.941. The van der Waals surface area contributed by atoms with Crippen LogP contribution in [0.4, 0.5) is 0 Å². The first kappa shape index (κ1) is 22.0. The molecule has 142 valence electrons. The Bertz CT molecular complexity index is 514. The number of hydrogen-bond acceptors (Lipinski definition) is 3. The Kier molecular flexibility index (Phi) is 8.79. The van der Waals surface area contributed by atoms with Crippen LogP contribution < -0.4 is 5.32 Å². The van der Waals surface area contributed by atoms with Crippen molar-refractivity contribution in [2.45, 2.75) is 63.5 Å². The maximum absolute atomic E-state index is 12.1. The highest BCUT2D eigenvalue weighted by Gasteiger charge is 2.40. The Morgan fingerprint density at radius 3 is 2.50 bits per heavy atom. The van der Waals surface area contributed by atoms with Gasteiger partial charge in [0.15, 0.2) is 15.8 Å². The van der Waals surface area contributed by atoms with E-state index in [0.717, 1.165) is 24.8 Å². The first-order valence-corrected chi connectivity index (χ1v) is 10.7. The molecule has 24 heavy (non-hydrogen) atoms. The van der Waals surface area contributed by atoms with Crippen molar-refractivity contribution >= 4 is 39.8 Å². The summed E-state index contributed by atoms with van der Waals surface area (Å²) >= 11 is 0. The predicted octanol–water partition coefficient (Wildman–Crippen LogP) is 3.05. The highest BCUT2D eigenvalue weighted by atomic mass is 127. The van der Waals surface area contributed by atoms with Gasteiger partial charge in [0.2, 0.25) is 0 Å². The number of rotatable bonds is 5. The molecule has 1 saturated heterocycles. The van der Waals surface area contributed by atoms with Gasteiger partial charge in [-0.1, -0.05) is 38.5 Å². The number of nitrogens with zero attached hydrogens (tertiary/aromatic N) is 2. The van der Waals surface area contributed by atoms with Gasteiger partial charge in [0.05, 0.1) is 10.5 Å². The second-order valence-corrected chi connectivity index (χ2v) is 10.4. The Hall–Kier alpha value is -0.0500. The maximum atomic E-state index is 12.1. The fourth-order valence-electron chi connectivity index (χ4n) is 3.71. The minimum atomic E-state index is -3.00. The average molecular weight is 471 g/mol. The lowest BCUT2D eigenvalue weighted by Gasteiger charge is -2.39. The van der Waals surface area contributed by atoms with Gasteiger partial charge in [0.1, 0.15) is 0 Å². The van der Waals surface area contributed by atoms with Gasteiger partial charge in [0, 0.05) is 26.7 Å². The summed E-state index contributed by atoms with van der Waals surface area (Å²) in [5.74, 6) is 2.01. The van der Waals surface area contributed by atoms with Crippen molar-refractivity contribution in [3.63, 3.8) is 0 Å². The quantitative estimate of drug-likeness (QED) is 0.290. The van der Waals surface area contributed by atoms with E-state index in [4.69, 9.17) is 0 Å². The van der Waals surface area contributed by atoms with Crippen LogP contribution in [0.1, 0.15) is 58.8 Å². The summed E-state index contributed by atoms with van der Waals surface area (Å²) in [6, 6.07) is 0. The lowest BCUT2D eigenvalue weighted by atomic mass is 10.0. The second-order valence-electron chi connectivity index (χ2n) is 7.62. The first-order chi connectivity index (χ1) is 10.9. The smallest absolute Gasteiger partial charge is 0.193 e. The highest BCUT2D eigenvalue weighted by Crippen LogP contribution is 2.28. The lowest BCUT2D eigenvalue weighted by molar-refractivity contribution is 0.352. The van der Waals surface area contributed by atoms with Crippen molar-refractivity contribution in [3.05, 3.63) is 0 Å². The summed E-state index contributed by atoms with van der Waals surface area (Å²) in [6.07, 6.45) is 9.47. The molecule has 0 aromatic carbocycles. The predicted molar refractivity (Wildman–Crippen MR) is 112 cm³/mol. The second kappa shape index (κ2) is 9.59. The Labute approximate surface area is 165 Å². The molecule has 1 aliphatic carbocycles. The van der Waals surface area contributed by atoms with Crippen LogP contribution in [-0.4, -0.2) is 56.5 Å². The molecule has 0 amide bonds. The summed E-state index contributed by atoms with van der Waals surface area (Å²) < 4.78 is 23.5. The molecule has 0 spiro atoms. The highest BCUT2D eigenvalue weighted by molar-refractivity contribution is 14.0. The Morgan fingerprint density at radius 1 is 1.25 bits per heavy atom. The molecule has 0 aromatic heterocycles. The average Bonchev–Trinajstić information content (AvgIpc) is 2.99. The molecular formula is C17H34IN3O2S. The number of nitrogens with one attached hydrogen (secondary N) is 1. The van der Waals surface area contributed by atoms with Crippen molar-refractivity contribution in [1.29, 1.82) is 0 Å². The third-order valence-corrected chi connectivity index (χ3v) is 7.88. The number of halogens is 1. The van der Waals surface area contributed by atoms with E-state index in [1.54, 1.807) is 7.05 Å². The topological polar surface area (TPSA) is 61.8 Å². The third-order valence-electron chi connectivity index (χ3n) is 5.35. The van der Waals surface area contributed by atoms with E-state index in [1.165, 1.54) is 38.5 Å². The molecule has 7 heteroatoms. The van der Waals surface area contributed by atoms with E-state index >= 15 is 0 Å². The first-order valence-electron chi connectivity index (χ1n) is 9.03. The van der Waals surface area contributed by atoms with Crippen LogP contribution in [0.15, 0.2) is 4.99 Å². The van der Waals surface area contributed by atoms with Crippen LogP contribution in [0, 0.1) is 5.92 Å². The normalized spacial score (nSPS) is 23.8. The summed E-state index contributed by atoms with van der Waals surface area (Å²) in [5.41, 5.74) is 0. The molecule has 1 saturated carbocycles. The van der Waals surface area contributed by atoms with Gasteiger partial charge in [-0.15, -0.1) is 24.0 Å². The molecule has 1 heterocycles. The molecule has 1 N–H and O–H groups in total. The zero-order chi connectivity index (χ0) is 16.9. The summed E-state index contributed by atoms with van der Waals surface area (Å²) in [6.45, 7) is 5.58. The van der Waals surface area contributed by atoms with Gasteiger partial charge in [-0.3, -0.25) is 4.99 Å². The van der Waals surface area contributed by atoms with Crippen molar-refractivity contribution in [3.8, 4) is 0 Å². The van der Waals surface area contributed by atoms with Crippen LogP contribution >= 0.6 is 24.0 Å². The number of aliphatic imine (C=N–C) groups is 1. The number of unbranched alkanes of at least 4 members (excludes halogenated alkanes) is 1. The van der Waals surface area contributed by atoms with E-state index < -0.39 is 14.6 Å². The van der Waals surface area contributed by atoms with E-state index in [0.29, 0.717) is 13.1 Å².